The number of likely N-dealkylation sites (tertiary alicyclic amines) is 1. The number of rotatable bonds is 6. The quantitative estimate of drug-likeness (QED) is 0.846. The van der Waals surface area contributed by atoms with Gasteiger partial charge < -0.3 is 10.2 Å². The highest BCUT2D eigenvalue weighted by Crippen LogP contribution is 2.35. The van der Waals surface area contributed by atoms with Gasteiger partial charge in [0.15, 0.2) is 0 Å². The third-order valence-corrected chi connectivity index (χ3v) is 5.63. The maximum atomic E-state index is 11.8. The number of nitrogens with zero attached hydrogens (tertiary/aromatic N) is 1. The zero-order valence-corrected chi connectivity index (χ0v) is 15.8. The average Bonchev–Trinajstić information content (AvgIpc) is 2.48. The number of nitrogens with one attached hydrogen (secondary N) is 1. The van der Waals surface area contributed by atoms with E-state index in [0.29, 0.717) is 17.6 Å². The molecule has 5 heteroatoms. The van der Waals surface area contributed by atoms with Gasteiger partial charge in [0.05, 0.1) is 5.75 Å². The van der Waals surface area contributed by atoms with Gasteiger partial charge in [-0.25, -0.2) is 0 Å². The van der Waals surface area contributed by atoms with Crippen LogP contribution in [0.1, 0.15) is 31.7 Å². The molecule has 2 atom stereocenters. The highest BCUT2D eigenvalue weighted by atomic mass is 35.5. The van der Waals surface area contributed by atoms with Gasteiger partial charge in [-0.1, -0.05) is 23.7 Å². The highest BCUT2D eigenvalue weighted by molar-refractivity contribution is 7.99. The van der Waals surface area contributed by atoms with Gasteiger partial charge in [-0.2, -0.15) is 11.8 Å². The fraction of sp³-hybridized carbons (Fsp3) is 0.611. The molecule has 128 valence electrons. The molecule has 3 nitrogen and oxygen atoms in total. The van der Waals surface area contributed by atoms with Gasteiger partial charge in [0.25, 0.3) is 0 Å². The maximum absolute atomic E-state index is 11.8. The summed E-state index contributed by atoms with van der Waals surface area (Å²) in [6.45, 7) is 6.21. The van der Waals surface area contributed by atoms with Gasteiger partial charge in [0.1, 0.15) is 0 Å². The molecule has 0 spiro atoms. The molecule has 1 saturated heterocycles. The predicted molar refractivity (Wildman–Crippen MR) is 100 cm³/mol. The van der Waals surface area contributed by atoms with Crippen molar-refractivity contribution in [1.82, 2.24) is 10.2 Å². The van der Waals surface area contributed by atoms with Crippen molar-refractivity contribution in [2.24, 2.45) is 5.92 Å². The normalized spacial score (nSPS) is 22.3. The van der Waals surface area contributed by atoms with Crippen LogP contribution in [0.5, 0.6) is 0 Å². The first-order valence-corrected chi connectivity index (χ1v) is 9.80. The van der Waals surface area contributed by atoms with Gasteiger partial charge in [0, 0.05) is 17.6 Å². The number of hydrogen-bond donors (Lipinski definition) is 1. The topological polar surface area (TPSA) is 32.3 Å². The first kappa shape index (κ1) is 18.6. The largest absolute Gasteiger partial charge is 0.353 e. The molecule has 23 heavy (non-hydrogen) atoms. The summed E-state index contributed by atoms with van der Waals surface area (Å²) in [6.07, 6.45) is 1.17. The van der Waals surface area contributed by atoms with E-state index in [1.807, 2.05) is 26.0 Å². The van der Waals surface area contributed by atoms with Crippen LogP contribution in [0.15, 0.2) is 24.3 Å². The lowest BCUT2D eigenvalue weighted by Crippen LogP contribution is -2.38. The van der Waals surface area contributed by atoms with Gasteiger partial charge in [-0.05, 0) is 69.1 Å². The van der Waals surface area contributed by atoms with Crippen molar-refractivity contribution in [3.63, 3.8) is 0 Å². The van der Waals surface area contributed by atoms with Gasteiger partial charge >= 0.3 is 0 Å². The average molecular weight is 355 g/mol. The van der Waals surface area contributed by atoms with E-state index in [1.165, 1.54) is 12.0 Å². The van der Waals surface area contributed by atoms with Crippen molar-refractivity contribution >= 4 is 29.3 Å². The fourth-order valence-electron chi connectivity index (χ4n) is 3.20. The Hall–Kier alpha value is -0.710. The Labute approximate surface area is 149 Å². The molecule has 1 N–H and O–H groups in total. The van der Waals surface area contributed by atoms with E-state index in [9.17, 15) is 4.79 Å². The third-order valence-electron chi connectivity index (χ3n) is 4.25. The van der Waals surface area contributed by atoms with Crippen LogP contribution >= 0.6 is 23.4 Å². The number of amides is 1. The Balaban J connectivity index is 1.92. The summed E-state index contributed by atoms with van der Waals surface area (Å²) in [6, 6.07) is 8.49. The van der Waals surface area contributed by atoms with Crippen LogP contribution in [0, 0.1) is 5.92 Å². The molecule has 1 aliphatic rings. The van der Waals surface area contributed by atoms with E-state index in [2.05, 4.69) is 29.4 Å². The van der Waals surface area contributed by atoms with Crippen molar-refractivity contribution in [1.29, 1.82) is 0 Å². The summed E-state index contributed by atoms with van der Waals surface area (Å²) in [7, 11) is 2.18. The molecular formula is C18H27ClN2OS. The van der Waals surface area contributed by atoms with Crippen LogP contribution in [0.25, 0.3) is 0 Å². The number of carbonyl (C=O) groups is 1. The van der Waals surface area contributed by atoms with E-state index < -0.39 is 0 Å². The third kappa shape index (κ3) is 6.02. The Kier molecular flexibility index (Phi) is 7.25. The molecular weight excluding hydrogens is 328 g/mol. The molecule has 1 fully saturated rings. The van der Waals surface area contributed by atoms with Crippen molar-refractivity contribution < 1.29 is 4.79 Å². The lowest BCUT2D eigenvalue weighted by molar-refractivity contribution is -0.119. The van der Waals surface area contributed by atoms with Crippen LogP contribution in [0.4, 0.5) is 0 Å². The molecule has 0 bridgehead atoms. The molecule has 1 amide bonds. The van der Waals surface area contributed by atoms with Gasteiger partial charge in [0.2, 0.25) is 5.91 Å². The van der Waals surface area contributed by atoms with Crippen molar-refractivity contribution in [3.8, 4) is 0 Å². The van der Waals surface area contributed by atoms with E-state index in [0.717, 1.165) is 23.9 Å². The Morgan fingerprint density at radius 3 is 2.74 bits per heavy atom. The summed E-state index contributed by atoms with van der Waals surface area (Å²) in [4.78, 5) is 14.2. The van der Waals surface area contributed by atoms with E-state index in [4.69, 9.17) is 11.6 Å². The number of benzene rings is 1. The van der Waals surface area contributed by atoms with Crippen LogP contribution in [-0.4, -0.2) is 48.5 Å². The molecule has 1 aromatic carbocycles. The second-order valence-electron chi connectivity index (χ2n) is 6.71. The lowest BCUT2D eigenvalue weighted by Gasteiger charge is -2.37. The first-order valence-electron chi connectivity index (χ1n) is 8.27. The smallest absolute Gasteiger partial charge is 0.230 e. The molecule has 0 aliphatic carbocycles. The van der Waals surface area contributed by atoms with Crippen LogP contribution < -0.4 is 5.32 Å². The number of thioether (sulfide) groups is 1. The Bertz CT molecular complexity index is 506. The fourth-order valence-corrected chi connectivity index (χ4v) is 4.35. The Morgan fingerprint density at radius 2 is 2.09 bits per heavy atom. The van der Waals surface area contributed by atoms with Crippen LogP contribution in [0.2, 0.25) is 5.02 Å². The zero-order chi connectivity index (χ0) is 16.8. The second kappa shape index (κ2) is 8.95. The number of carbonyl (C=O) groups excluding carboxylic acids is 1. The molecule has 2 rings (SSSR count). The second-order valence-corrected chi connectivity index (χ2v) is 8.17. The van der Waals surface area contributed by atoms with E-state index in [1.54, 1.807) is 11.8 Å². The predicted octanol–water partition coefficient (Wildman–Crippen LogP) is 3.63. The summed E-state index contributed by atoms with van der Waals surface area (Å²) in [5.74, 6) is 2.84. The number of piperidine rings is 1. The summed E-state index contributed by atoms with van der Waals surface area (Å²) < 4.78 is 0. The van der Waals surface area contributed by atoms with Gasteiger partial charge in [-0.3, -0.25) is 4.79 Å². The molecule has 1 heterocycles. The minimum Gasteiger partial charge on any atom is -0.353 e. The zero-order valence-electron chi connectivity index (χ0n) is 14.2. The minimum atomic E-state index is 0.136. The molecule has 0 radical (unpaired) electrons. The van der Waals surface area contributed by atoms with E-state index in [-0.39, 0.29) is 11.9 Å². The van der Waals surface area contributed by atoms with Crippen molar-refractivity contribution in [2.45, 2.75) is 32.2 Å². The minimum absolute atomic E-state index is 0.136. The molecule has 1 aliphatic heterocycles. The van der Waals surface area contributed by atoms with Crippen LogP contribution in [0.3, 0.4) is 0 Å². The Morgan fingerprint density at radius 1 is 1.39 bits per heavy atom. The van der Waals surface area contributed by atoms with Crippen LogP contribution in [-0.2, 0) is 4.79 Å². The summed E-state index contributed by atoms with van der Waals surface area (Å²) >= 11 is 7.76. The number of hydrogen-bond acceptors (Lipinski definition) is 3. The highest BCUT2D eigenvalue weighted by Gasteiger charge is 2.28. The van der Waals surface area contributed by atoms with E-state index >= 15 is 0 Å². The molecule has 0 aromatic heterocycles. The molecule has 0 unspecified atom stereocenters. The monoisotopic (exact) mass is 354 g/mol. The van der Waals surface area contributed by atoms with Gasteiger partial charge in [-0.15, -0.1) is 0 Å². The summed E-state index contributed by atoms with van der Waals surface area (Å²) in [5, 5.41) is 3.74. The first-order chi connectivity index (χ1) is 11.0. The maximum Gasteiger partial charge on any atom is 0.230 e. The lowest BCUT2D eigenvalue weighted by atomic mass is 9.81. The SMILES string of the molecule is CC(C)NC(=O)CSC[C@H]1CN(C)CC[C@@H]1c1ccc(Cl)cc1. The van der Waals surface area contributed by atoms with Crippen molar-refractivity contribution in [2.75, 3.05) is 31.6 Å². The summed E-state index contributed by atoms with van der Waals surface area (Å²) in [5.41, 5.74) is 1.37. The van der Waals surface area contributed by atoms with Crippen molar-refractivity contribution in [3.05, 3.63) is 34.9 Å². The molecule has 1 aromatic rings. The molecule has 0 saturated carbocycles. The standard InChI is InChI=1S/C18H27ClN2OS/c1-13(2)20-18(22)12-23-11-15-10-21(3)9-8-17(15)14-4-6-16(19)7-5-14/h4-7,13,15,17H,8-12H2,1-3H3,(H,20,22)/t15-,17-/m1/s1. The number of halogens is 1.